The van der Waals surface area contributed by atoms with E-state index in [4.69, 9.17) is 4.74 Å². The van der Waals surface area contributed by atoms with E-state index in [2.05, 4.69) is 25.8 Å². The number of fused-ring (bicyclic) bond motifs is 1. The van der Waals surface area contributed by atoms with Crippen molar-refractivity contribution in [2.45, 2.75) is 35.3 Å². The van der Waals surface area contributed by atoms with Gasteiger partial charge in [-0.3, -0.25) is 4.98 Å². The van der Waals surface area contributed by atoms with Crippen molar-refractivity contribution in [3.8, 4) is 5.75 Å². The fourth-order valence-electron chi connectivity index (χ4n) is 4.21. The van der Waals surface area contributed by atoms with Crippen molar-refractivity contribution in [2.75, 3.05) is 11.4 Å². The van der Waals surface area contributed by atoms with Gasteiger partial charge in [0.15, 0.2) is 6.23 Å². The molecule has 4 aromatic rings. The van der Waals surface area contributed by atoms with Crippen LogP contribution in [0.2, 0.25) is 0 Å². The Balaban J connectivity index is 1.37. The topological polar surface area (TPSA) is 59.5 Å². The molecule has 0 aliphatic carbocycles. The molecule has 1 unspecified atom stereocenters. The minimum Gasteiger partial charge on any atom is -0.471 e. The zero-order chi connectivity index (χ0) is 22.8. The van der Waals surface area contributed by atoms with Crippen molar-refractivity contribution < 1.29 is 13.2 Å². The third-order valence-corrected chi connectivity index (χ3v) is 8.19. The van der Waals surface area contributed by atoms with Gasteiger partial charge in [-0.25, -0.2) is 8.42 Å². The number of nitrogens with zero attached hydrogens (tertiary/aromatic N) is 2. The molecule has 1 saturated heterocycles. The molecule has 7 heteroatoms. The molecule has 1 aliphatic rings. The van der Waals surface area contributed by atoms with Crippen molar-refractivity contribution in [1.29, 1.82) is 0 Å². The Labute approximate surface area is 202 Å². The molecule has 3 aromatic carbocycles. The van der Waals surface area contributed by atoms with Gasteiger partial charge in [0.1, 0.15) is 5.75 Å². The number of piperidine rings is 1. The predicted octanol–water partition coefficient (Wildman–Crippen LogP) is 6.23. The Kier molecular flexibility index (Phi) is 6.08. The largest absolute Gasteiger partial charge is 0.471 e. The Morgan fingerprint density at radius 2 is 1.55 bits per heavy atom. The molecule has 0 N–H and O–H groups in total. The standard InChI is InChI=1S/C26H23BrN2O3S/c27-21-6-4-20-18-25(9-5-19(20)17-21)33(30,31)24-10-7-23(8-11-24)32-26-3-1-2-16-29(26)22-12-14-28-15-13-22/h4-15,17-18,26H,1-3,16H2. The van der Waals surface area contributed by atoms with Gasteiger partial charge >= 0.3 is 0 Å². The molecule has 1 atom stereocenters. The van der Waals surface area contributed by atoms with Crippen LogP contribution < -0.4 is 9.64 Å². The molecule has 1 fully saturated rings. The lowest BCUT2D eigenvalue weighted by atomic mass is 10.1. The number of ether oxygens (including phenoxy) is 1. The second-order valence-corrected chi connectivity index (χ2v) is 11.0. The summed E-state index contributed by atoms with van der Waals surface area (Å²) >= 11 is 3.45. The van der Waals surface area contributed by atoms with Crippen molar-refractivity contribution in [1.82, 2.24) is 4.98 Å². The summed E-state index contributed by atoms with van der Waals surface area (Å²) in [5.74, 6) is 0.656. The van der Waals surface area contributed by atoms with E-state index in [0.29, 0.717) is 5.75 Å². The van der Waals surface area contributed by atoms with Gasteiger partial charge in [0.25, 0.3) is 0 Å². The van der Waals surface area contributed by atoms with E-state index in [0.717, 1.165) is 46.7 Å². The predicted molar refractivity (Wildman–Crippen MR) is 133 cm³/mol. The number of hydrogen-bond donors (Lipinski definition) is 0. The highest BCUT2D eigenvalue weighted by Gasteiger charge is 2.25. The fourth-order valence-corrected chi connectivity index (χ4v) is 5.88. The van der Waals surface area contributed by atoms with Crippen molar-refractivity contribution in [3.05, 3.63) is 89.7 Å². The normalized spacial score (nSPS) is 16.6. The maximum Gasteiger partial charge on any atom is 0.206 e. The summed E-state index contributed by atoms with van der Waals surface area (Å²) in [5, 5.41) is 1.87. The summed E-state index contributed by atoms with van der Waals surface area (Å²) in [7, 11) is -3.63. The van der Waals surface area contributed by atoms with E-state index in [1.807, 2.05) is 36.4 Å². The first kappa shape index (κ1) is 21.9. The highest BCUT2D eigenvalue weighted by Crippen LogP contribution is 2.30. The highest BCUT2D eigenvalue weighted by atomic mass is 79.9. The Hall–Kier alpha value is -2.90. The van der Waals surface area contributed by atoms with E-state index in [9.17, 15) is 8.42 Å². The van der Waals surface area contributed by atoms with Crippen molar-refractivity contribution in [2.24, 2.45) is 0 Å². The summed E-state index contributed by atoms with van der Waals surface area (Å²) in [6, 6.07) is 21.7. The number of anilines is 1. The van der Waals surface area contributed by atoms with Crippen LogP contribution in [0.3, 0.4) is 0 Å². The summed E-state index contributed by atoms with van der Waals surface area (Å²) in [4.78, 5) is 6.87. The minimum absolute atomic E-state index is 0.0941. The molecule has 0 radical (unpaired) electrons. The van der Waals surface area contributed by atoms with E-state index in [1.54, 1.807) is 48.8 Å². The molecule has 33 heavy (non-hydrogen) atoms. The van der Waals surface area contributed by atoms with Crippen LogP contribution >= 0.6 is 15.9 Å². The maximum absolute atomic E-state index is 13.2. The quantitative estimate of drug-likeness (QED) is 0.311. The molecule has 1 aliphatic heterocycles. The lowest BCUT2D eigenvalue weighted by molar-refractivity contribution is 0.165. The van der Waals surface area contributed by atoms with Gasteiger partial charge in [-0.2, -0.15) is 0 Å². The lowest BCUT2D eigenvalue weighted by Crippen LogP contribution is -2.43. The van der Waals surface area contributed by atoms with Crippen LogP contribution in [-0.4, -0.2) is 26.2 Å². The van der Waals surface area contributed by atoms with Crippen LogP contribution in [0, 0.1) is 0 Å². The minimum atomic E-state index is -3.63. The van der Waals surface area contributed by atoms with Crippen LogP contribution in [-0.2, 0) is 9.84 Å². The molecule has 0 bridgehead atoms. The Morgan fingerprint density at radius 3 is 2.33 bits per heavy atom. The first-order valence-electron chi connectivity index (χ1n) is 10.9. The molecular formula is C26H23BrN2O3S. The molecular weight excluding hydrogens is 500 g/mol. The molecule has 2 heterocycles. The molecule has 5 rings (SSSR count). The van der Waals surface area contributed by atoms with Gasteiger partial charge in [0, 0.05) is 35.5 Å². The van der Waals surface area contributed by atoms with E-state index < -0.39 is 9.84 Å². The summed E-state index contributed by atoms with van der Waals surface area (Å²) < 4.78 is 33.7. The number of sulfone groups is 1. The molecule has 168 valence electrons. The van der Waals surface area contributed by atoms with Crippen LogP contribution in [0.15, 0.2) is 99.5 Å². The van der Waals surface area contributed by atoms with Gasteiger partial charge in [0.2, 0.25) is 9.84 Å². The number of halogens is 1. The Bertz CT molecular complexity index is 1380. The molecule has 0 saturated carbocycles. The SMILES string of the molecule is O=S(=O)(c1ccc(OC2CCCCN2c2ccncc2)cc1)c1ccc2cc(Br)ccc2c1. The van der Waals surface area contributed by atoms with Crippen LogP contribution in [0.1, 0.15) is 19.3 Å². The van der Waals surface area contributed by atoms with Crippen molar-refractivity contribution >= 4 is 42.2 Å². The zero-order valence-corrected chi connectivity index (χ0v) is 20.3. The van der Waals surface area contributed by atoms with E-state index >= 15 is 0 Å². The molecule has 1 aromatic heterocycles. The summed E-state index contributed by atoms with van der Waals surface area (Å²) in [6.07, 6.45) is 6.59. The van der Waals surface area contributed by atoms with Crippen LogP contribution in [0.25, 0.3) is 10.8 Å². The second-order valence-electron chi connectivity index (χ2n) is 8.10. The number of hydrogen-bond acceptors (Lipinski definition) is 5. The number of aromatic nitrogens is 1. The van der Waals surface area contributed by atoms with Crippen LogP contribution in [0.5, 0.6) is 5.75 Å². The lowest BCUT2D eigenvalue weighted by Gasteiger charge is -2.37. The zero-order valence-electron chi connectivity index (χ0n) is 17.9. The fraction of sp³-hybridized carbons (Fsp3) is 0.192. The average Bonchev–Trinajstić information content (AvgIpc) is 2.85. The van der Waals surface area contributed by atoms with Gasteiger partial charge < -0.3 is 9.64 Å². The average molecular weight is 523 g/mol. The number of pyridine rings is 1. The molecule has 0 spiro atoms. The first-order valence-corrected chi connectivity index (χ1v) is 13.2. The van der Waals surface area contributed by atoms with Gasteiger partial charge in [-0.1, -0.05) is 28.1 Å². The third-order valence-electron chi connectivity index (χ3n) is 5.93. The third kappa shape index (κ3) is 4.61. The molecule has 5 nitrogen and oxygen atoms in total. The Morgan fingerprint density at radius 1 is 0.848 bits per heavy atom. The van der Waals surface area contributed by atoms with Gasteiger partial charge in [-0.05, 0) is 84.3 Å². The maximum atomic E-state index is 13.2. The highest BCUT2D eigenvalue weighted by molar-refractivity contribution is 9.10. The summed E-state index contributed by atoms with van der Waals surface area (Å²) in [5.41, 5.74) is 1.08. The number of rotatable bonds is 5. The van der Waals surface area contributed by atoms with Gasteiger partial charge in [0.05, 0.1) is 9.79 Å². The number of benzene rings is 3. The van der Waals surface area contributed by atoms with Crippen LogP contribution in [0.4, 0.5) is 5.69 Å². The van der Waals surface area contributed by atoms with Gasteiger partial charge in [-0.15, -0.1) is 0 Å². The van der Waals surface area contributed by atoms with Crippen molar-refractivity contribution in [3.63, 3.8) is 0 Å². The molecule has 0 amide bonds. The second kappa shape index (κ2) is 9.15. The monoisotopic (exact) mass is 522 g/mol. The summed E-state index contributed by atoms with van der Waals surface area (Å²) in [6.45, 7) is 0.916. The van der Waals surface area contributed by atoms with E-state index in [-0.39, 0.29) is 16.0 Å². The first-order chi connectivity index (χ1) is 16.0. The van der Waals surface area contributed by atoms with E-state index in [1.165, 1.54) is 0 Å². The smallest absolute Gasteiger partial charge is 0.206 e.